The topological polar surface area (TPSA) is 20.3 Å². The van der Waals surface area contributed by atoms with Crippen molar-refractivity contribution in [3.63, 3.8) is 0 Å². The number of hydrogen-bond donors (Lipinski definition) is 0. The second-order valence-corrected chi connectivity index (χ2v) is 6.46. The quantitative estimate of drug-likeness (QED) is 0.670. The summed E-state index contributed by atoms with van der Waals surface area (Å²) < 4.78 is 13.9. The summed E-state index contributed by atoms with van der Waals surface area (Å²) in [6.45, 7) is 2.52. The predicted molar refractivity (Wildman–Crippen MR) is 95.7 cm³/mol. The van der Waals surface area contributed by atoms with Gasteiger partial charge in [0.05, 0.1) is 6.04 Å². The molecule has 1 heterocycles. The zero-order chi connectivity index (χ0) is 17.4. The molecule has 3 aromatic carbocycles. The van der Waals surface area contributed by atoms with E-state index < -0.39 is 0 Å². The molecule has 124 valence electrons. The Labute approximate surface area is 146 Å². The third-order valence-corrected chi connectivity index (χ3v) is 4.70. The van der Waals surface area contributed by atoms with E-state index in [0.29, 0.717) is 12.1 Å². The Hall–Kier alpha value is -2.94. The summed E-state index contributed by atoms with van der Waals surface area (Å²) in [6, 6.07) is 22.2. The van der Waals surface area contributed by atoms with Gasteiger partial charge >= 0.3 is 0 Å². The summed E-state index contributed by atoms with van der Waals surface area (Å²) in [4.78, 5) is 14.8. The summed E-state index contributed by atoms with van der Waals surface area (Å²) in [5.74, 6) is -0.366. The molecule has 0 radical (unpaired) electrons. The van der Waals surface area contributed by atoms with Gasteiger partial charge in [-0.15, -0.1) is 0 Å². The first kappa shape index (κ1) is 15.6. The van der Waals surface area contributed by atoms with Crippen molar-refractivity contribution in [2.45, 2.75) is 19.5 Å². The van der Waals surface area contributed by atoms with Crippen LogP contribution < -0.4 is 0 Å². The molecule has 25 heavy (non-hydrogen) atoms. The van der Waals surface area contributed by atoms with Crippen LogP contribution in [0.5, 0.6) is 0 Å². The molecule has 0 saturated heterocycles. The molecule has 1 atom stereocenters. The minimum Gasteiger partial charge on any atom is -0.323 e. The molecule has 2 nitrogen and oxygen atoms in total. The van der Waals surface area contributed by atoms with Crippen molar-refractivity contribution >= 4 is 5.91 Å². The largest absolute Gasteiger partial charge is 0.323 e. The molecular formula is C22H18FNO. The van der Waals surface area contributed by atoms with Gasteiger partial charge in [0, 0.05) is 12.1 Å². The first-order valence-electron chi connectivity index (χ1n) is 8.34. The SMILES string of the molecule is Cc1ccc(C2c3cc(F)ccc3C(=O)N2Cc2ccccc2)cc1. The van der Waals surface area contributed by atoms with Crippen molar-refractivity contribution in [2.75, 3.05) is 0 Å². The van der Waals surface area contributed by atoms with Gasteiger partial charge in [0.25, 0.3) is 5.91 Å². The maximum absolute atomic E-state index is 13.9. The monoisotopic (exact) mass is 331 g/mol. The Balaban J connectivity index is 1.81. The van der Waals surface area contributed by atoms with Gasteiger partial charge in [-0.2, -0.15) is 0 Å². The summed E-state index contributed by atoms with van der Waals surface area (Å²) in [5.41, 5.74) is 4.54. The standard InChI is InChI=1S/C22H18FNO/c1-15-7-9-17(10-8-15)21-20-13-18(23)11-12-19(20)22(25)24(21)14-16-5-3-2-4-6-16/h2-13,21H,14H2,1H3. The molecule has 0 spiro atoms. The van der Waals surface area contributed by atoms with Crippen LogP contribution in [0.2, 0.25) is 0 Å². The van der Waals surface area contributed by atoms with Crippen molar-refractivity contribution in [1.82, 2.24) is 4.90 Å². The summed E-state index contributed by atoms with van der Waals surface area (Å²) in [7, 11) is 0. The molecule has 0 fully saturated rings. The lowest BCUT2D eigenvalue weighted by molar-refractivity contribution is 0.0736. The summed E-state index contributed by atoms with van der Waals surface area (Å²) in [6.07, 6.45) is 0. The average molecular weight is 331 g/mol. The number of fused-ring (bicyclic) bond motifs is 1. The van der Waals surface area contributed by atoms with E-state index >= 15 is 0 Å². The second-order valence-electron chi connectivity index (χ2n) is 6.46. The smallest absolute Gasteiger partial charge is 0.255 e. The van der Waals surface area contributed by atoms with Crippen LogP contribution in [-0.4, -0.2) is 10.8 Å². The zero-order valence-electron chi connectivity index (χ0n) is 13.9. The van der Waals surface area contributed by atoms with Gasteiger partial charge in [-0.25, -0.2) is 4.39 Å². The van der Waals surface area contributed by atoms with Gasteiger partial charge in [-0.1, -0.05) is 60.2 Å². The molecule has 0 aromatic heterocycles. The molecule has 0 N–H and O–H groups in total. The Bertz CT molecular complexity index is 919. The molecular weight excluding hydrogens is 313 g/mol. The first-order valence-corrected chi connectivity index (χ1v) is 8.34. The average Bonchev–Trinajstić information content (AvgIpc) is 2.88. The van der Waals surface area contributed by atoms with Gasteiger partial charge in [0.1, 0.15) is 5.82 Å². The molecule has 3 aromatic rings. The van der Waals surface area contributed by atoms with Gasteiger partial charge in [-0.3, -0.25) is 4.79 Å². The van der Waals surface area contributed by atoms with E-state index in [1.54, 1.807) is 6.07 Å². The van der Waals surface area contributed by atoms with E-state index in [0.717, 1.165) is 22.3 Å². The van der Waals surface area contributed by atoms with Crippen LogP contribution in [0.3, 0.4) is 0 Å². The highest BCUT2D eigenvalue weighted by Gasteiger charge is 2.37. The number of nitrogens with zero attached hydrogens (tertiary/aromatic N) is 1. The molecule has 3 heteroatoms. The molecule has 0 bridgehead atoms. The molecule has 1 unspecified atom stereocenters. The van der Waals surface area contributed by atoms with Crippen molar-refractivity contribution in [1.29, 1.82) is 0 Å². The summed E-state index contributed by atoms with van der Waals surface area (Å²) >= 11 is 0. The fourth-order valence-electron chi connectivity index (χ4n) is 3.45. The number of hydrogen-bond acceptors (Lipinski definition) is 1. The van der Waals surface area contributed by atoms with Crippen LogP contribution in [-0.2, 0) is 6.54 Å². The maximum atomic E-state index is 13.9. The normalized spacial score (nSPS) is 16.2. The molecule has 1 aliphatic rings. The number of amides is 1. The molecule has 1 aliphatic heterocycles. The number of halogens is 1. The summed E-state index contributed by atoms with van der Waals surface area (Å²) in [5, 5.41) is 0. The van der Waals surface area contributed by atoms with Crippen molar-refractivity contribution < 1.29 is 9.18 Å². The third kappa shape index (κ3) is 2.82. The lowest BCUT2D eigenvalue weighted by Gasteiger charge is -2.26. The van der Waals surface area contributed by atoms with Crippen molar-refractivity contribution in [2.24, 2.45) is 0 Å². The minimum absolute atomic E-state index is 0.0515. The molecule has 1 amide bonds. The van der Waals surface area contributed by atoms with Crippen LogP contribution in [0, 0.1) is 12.7 Å². The molecule has 0 saturated carbocycles. The Morgan fingerprint density at radius 3 is 2.40 bits per heavy atom. The lowest BCUT2D eigenvalue weighted by Crippen LogP contribution is -2.28. The van der Waals surface area contributed by atoms with E-state index in [9.17, 15) is 9.18 Å². The third-order valence-electron chi connectivity index (χ3n) is 4.70. The molecule has 0 aliphatic carbocycles. The van der Waals surface area contributed by atoms with Crippen LogP contribution in [0.1, 0.15) is 38.7 Å². The minimum atomic E-state index is -0.315. The fourth-order valence-corrected chi connectivity index (χ4v) is 3.45. The van der Waals surface area contributed by atoms with Gasteiger partial charge in [-0.05, 0) is 41.8 Å². The number of carbonyl (C=O) groups excluding carboxylic acids is 1. The predicted octanol–water partition coefficient (Wildman–Crippen LogP) is 4.88. The van der Waals surface area contributed by atoms with Crippen molar-refractivity contribution in [3.8, 4) is 0 Å². The second kappa shape index (κ2) is 6.17. The zero-order valence-corrected chi connectivity index (χ0v) is 13.9. The highest BCUT2D eigenvalue weighted by Crippen LogP contribution is 2.39. The van der Waals surface area contributed by atoms with Gasteiger partial charge in [0.15, 0.2) is 0 Å². The maximum Gasteiger partial charge on any atom is 0.255 e. The lowest BCUT2D eigenvalue weighted by atomic mass is 9.97. The van der Waals surface area contributed by atoms with Crippen LogP contribution >= 0.6 is 0 Å². The fraction of sp³-hybridized carbons (Fsp3) is 0.136. The van der Waals surface area contributed by atoms with E-state index in [4.69, 9.17) is 0 Å². The highest BCUT2D eigenvalue weighted by molar-refractivity contribution is 5.99. The van der Waals surface area contributed by atoms with E-state index in [1.807, 2.05) is 66.4 Å². The van der Waals surface area contributed by atoms with Crippen LogP contribution in [0.25, 0.3) is 0 Å². The van der Waals surface area contributed by atoms with E-state index in [-0.39, 0.29) is 17.8 Å². The molecule has 4 rings (SSSR count). The van der Waals surface area contributed by atoms with E-state index in [2.05, 4.69) is 0 Å². The Kier molecular flexibility index (Phi) is 3.85. The van der Waals surface area contributed by atoms with E-state index in [1.165, 1.54) is 12.1 Å². The first-order chi connectivity index (χ1) is 12.1. The number of aryl methyl sites for hydroxylation is 1. The number of carbonyl (C=O) groups is 1. The van der Waals surface area contributed by atoms with Crippen LogP contribution in [0.4, 0.5) is 4.39 Å². The Morgan fingerprint density at radius 2 is 1.68 bits per heavy atom. The van der Waals surface area contributed by atoms with Gasteiger partial charge < -0.3 is 4.90 Å². The van der Waals surface area contributed by atoms with Crippen LogP contribution in [0.15, 0.2) is 72.8 Å². The number of rotatable bonds is 3. The Morgan fingerprint density at radius 1 is 0.960 bits per heavy atom. The van der Waals surface area contributed by atoms with Crippen molar-refractivity contribution in [3.05, 3.63) is 106 Å². The highest BCUT2D eigenvalue weighted by atomic mass is 19.1. The number of benzene rings is 3. The van der Waals surface area contributed by atoms with Gasteiger partial charge in [0.2, 0.25) is 0 Å².